The molecule has 17 heavy (non-hydrogen) atoms. The standard InChI is InChI=1S/C14H23N3/c1-13(12-17-10-2-3-11-17)16-9-6-14-4-7-15-8-5-14/h4-5,7-8,13,16H,2-3,6,9-12H2,1H3. The molecule has 1 unspecified atom stereocenters. The molecule has 0 bridgehead atoms. The van der Waals surface area contributed by atoms with E-state index in [1.165, 1.54) is 38.0 Å². The number of hydrogen-bond donors (Lipinski definition) is 1. The van der Waals surface area contributed by atoms with Crippen molar-refractivity contribution in [2.24, 2.45) is 0 Å². The van der Waals surface area contributed by atoms with Crippen molar-refractivity contribution in [3.63, 3.8) is 0 Å². The summed E-state index contributed by atoms with van der Waals surface area (Å²) < 4.78 is 0. The first-order chi connectivity index (χ1) is 8.34. The molecule has 3 heteroatoms. The van der Waals surface area contributed by atoms with E-state index in [1.807, 2.05) is 12.4 Å². The van der Waals surface area contributed by atoms with Crippen molar-refractivity contribution < 1.29 is 0 Å². The van der Waals surface area contributed by atoms with Crippen molar-refractivity contribution in [3.05, 3.63) is 30.1 Å². The Morgan fingerprint density at radius 2 is 2.00 bits per heavy atom. The van der Waals surface area contributed by atoms with Crippen LogP contribution in [0.4, 0.5) is 0 Å². The second kappa shape index (κ2) is 6.72. The monoisotopic (exact) mass is 233 g/mol. The van der Waals surface area contributed by atoms with Gasteiger partial charge in [0.05, 0.1) is 0 Å². The lowest BCUT2D eigenvalue weighted by molar-refractivity contribution is 0.299. The Morgan fingerprint density at radius 1 is 1.29 bits per heavy atom. The van der Waals surface area contributed by atoms with E-state index in [0.717, 1.165) is 13.0 Å². The number of pyridine rings is 1. The molecule has 1 aliphatic heterocycles. The minimum atomic E-state index is 0.593. The number of likely N-dealkylation sites (tertiary alicyclic amines) is 1. The van der Waals surface area contributed by atoms with Crippen LogP contribution < -0.4 is 5.32 Å². The van der Waals surface area contributed by atoms with Gasteiger partial charge >= 0.3 is 0 Å². The van der Waals surface area contributed by atoms with Gasteiger partial charge in [-0.2, -0.15) is 0 Å². The van der Waals surface area contributed by atoms with Crippen molar-refractivity contribution in [1.29, 1.82) is 0 Å². The highest BCUT2D eigenvalue weighted by Gasteiger charge is 2.13. The van der Waals surface area contributed by atoms with E-state index in [9.17, 15) is 0 Å². The summed E-state index contributed by atoms with van der Waals surface area (Å²) >= 11 is 0. The molecule has 1 N–H and O–H groups in total. The normalized spacial score (nSPS) is 18.4. The molecule has 1 fully saturated rings. The molecular weight excluding hydrogens is 210 g/mol. The summed E-state index contributed by atoms with van der Waals surface area (Å²) in [7, 11) is 0. The van der Waals surface area contributed by atoms with Crippen molar-refractivity contribution in [3.8, 4) is 0 Å². The van der Waals surface area contributed by atoms with E-state index in [0.29, 0.717) is 6.04 Å². The highest BCUT2D eigenvalue weighted by atomic mass is 15.2. The molecule has 0 radical (unpaired) electrons. The smallest absolute Gasteiger partial charge is 0.0270 e. The maximum absolute atomic E-state index is 4.03. The van der Waals surface area contributed by atoms with Gasteiger partial charge in [-0.3, -0.25) is 4.98 Å². The van der Waals surface area contributed by atoms with E-state index >= 15 is 0 Å². The van der Waals surface area contributed by atoms with Crippen LogP contribution in [0.25, 0.3) is 0 Å². The third kappa shape index (κ3) is 4.44. The zero-order valence-corrected chi connectivity index (χ0v) is 10.7. The van der Waals surface area contributed by atoms with E-state index in [4.69, 9.17) is 0 Å². The lowest BCUT2D eigenvalue weighted by Crippen LogP contribution is -2.38. The zero-order valence-electron chi connectivity index (χ0n) is 10.7. The molecule has 2 rings (SSSR count). The summed E-state index contributed by atoms with van der Waals surface area (Å²) in [6.45, 7) is 7.10. The molecule has 0 saturated carbocycles. The Morgan fingerprint density at radius 3 is 2.71 bits per heavy atom. The van der Waals surface area contributed by atoms with Crippen LogP contribution in [-0.4, -0.2) is 42.1 Å². The molecule has 1 saturated heterocycles. The van der Waals surface area contributed by atoms with Gasteiger partial charge in [0.15, 0.2) is 0 Å². The third-order valence-corrected chi connectivity index (χ3v) is 3.39. The van der Waals surface area contributed by atoms with Crippen LogP contribution in [0, 0.1) is 0 Å². The second-order valence-corrected chi connectivity index (χ2v) is 4.97. The fourth-order valence-electron chi connectivity index (χ4n) is 2.43. The van der Waals surface area contributed by atoms with Gasteiger partial charge < -0.3 is 10.2 Å². The van der Waals surface area contributed by atoms with Gasteiger partial charge in [0.1, 0.15) is 0 Å². The SMILES string of the molecule is CC(CN1CCCC1)NCCc1ccncc1. The molecule has 1 atom stereocenters. The van der Waals surface area contributed by atoms with Crippen LogP contribution in [0.15, 0.2) is 24.5 Å². The van der Waals surface area contributed by atoms with Crippen LogP contribution in [0.1, 0.15) is 25.3 Å². The zero-order chi connectivity index (χ0) is 11.9. The van der Waals surface area contributed by atoms with Crippen LogP contribution >= 0.6 is 0 Å². The molecule has 0 aromatic carbocycles. The molecule has 1 aromatic rings. The number of hydrogen-bond acceptors (Lipinski definition) is 3. The molecule has 1 aromatic heterocycles. The number of nitrogens with zero attached hydrogens (tertiary/aromatic N) is 2. The van der Waals surface area contributed by atoms with Crippen LogP contribution in [0.5, 0.6) is 0 Å². The largest absolute Gasteiger partial charge is 0.313 e. The lowest BCUT2D eigenvalue weighted by Gasteiger charge is -2.21. The number of nitrogens with one attached hydrogen (secondary N) is 1. The lowest BCUT2D eigenvalue weighted by atomic mass is 10.2. The highest BCUT2D eigenvalue weighted by Crippen LogP contribution is 2.07. The van der Waals surface area contributed by atoms with Gasteiger partial charge in [-0.15, -0.1) is 0 Å². The van der Waals surface area contributed by atoms with Crippen LogP contribution in [0.2, 0.25) is 0 Å². The van der Waals surface area contributed by atoms with E-state index < -0.39 is 0 Å². The molecule has 94 valence electrons. The maximum atomic E-state index is 4.03. The molecular formula is C14H23N3. The molecule has 0 aliphatic carbocycles. The van der Waals surface area contributed by atoms with Gasteiger partial charge in [-0.1, -0.05) is 0 Å². The topological polar surface area (TPSA) is 28.2 Å². The Kier molecular flexibility index (Phi) is 4.95. The van der Waals surface area contributed by atoms with Gasteiger partial charge in [-0.05, 0) is 63.5 Å². The summed E-state index contributed by atoms with van der Waals surface area (Å²) in [4.78, 5) is 6.59. The van der Waals surface area contributed by atoms with Gasteiger partial charge in [0.2, 0.25) is 0 Å². The van der Waals surface area contributed by atoms with Gasteiger partial charge in [0.25, 0.3) is 0 Å². The average molecular weight is 233 g/mol. The summed E-state index contributed by atoms with van der Waals surface area (Å²) in [5.41, 5.74) is 1.36. The molecule has 0 spiro atoms. The van der Waals surface area contributed by atoms with Crippen molar-refractivity contribution in [2.75, 3.05) is 26.2 Å². The Bertz CT molecular complexity index is 307. The summed E-state index contributed by atoms with van der Waals surface area (Å²) in [5, 5.41) is 3.60. The van der Waals surface area contributed by atoms with E-state index in [2.05, 4.69) is 34.3 Å². The quantitative estimate of drug-likeness (QED) is 0.810. The average Bonchev–Trinajstić information content (AvgIpc) is 2.83. The summed E-state index contributed by atoms with van der Waals surface area (Å²) in [6, 6.07) is 4.77. The van der Waals surface area contributed by atoms with Gasteiger partial charge in [-0.25, -0.2) is 0 Å². The fraction of sp³-hybridized carbons (Fsp3) is 0.643. The Hall–Kier alpha value is -0.930. The van der Waals surface area contributed by atoms with Crippen LogP contribution in [-0.2, 0) is 6.42 Å². The highest BCUT2D eigenvalue weighted by molar-refractivity contribution is 5.09. The molecule has 0 amide bonds. The number of rotatable bonds is 6. The van der Waals surface area contributed by atoms with Crippen LogP contribution in [0.3, 0.4) is 0 Å². The molecule has 3 nitrogen and oxygen atoms in total. The maximum Gasteiger partial charge on any atom is 0.0270 e. The van der Waals surface area contributed by atoms with Crippen molar-refractivity contribution in [2.45, 2.75) is 32.2 Å². The predicted molar refractivity (Wildman–Crippen MR) is 71.1 cm³/mol. The third-order valence-electron chi connectivity index (χ3n) is 3.39. The van der Waals surface area contributed by atoms with E-state index in [-0.39, 0.29) is 0 Å². The Labute approximate surface area is 104 Å². The predicted octanol–water partition coefficient (Wildman–Crippen LogP) is 1.70. The second-order valence-electron chi connectivity index (χ2n) is 4.97. The summed E-state index contributed by atoms with van der Waals surface area (Å²) in [6.07, 6.45) is 7.58. The minimum Gasteiger partial charge on any atom is -0.313 e. The first kappa shape index (κ1) is 12.5. The summed E-state index contributed by atoms with van der Waals surface area (Å²) in [5.74, 6) is 0. The molecule has 2 heterocycles. The first-order valence-electron chi connectivity index (χ1n) is 6.69. The number of aromatic nitrogens is 1. The van der Waals surface area contributed by atoms with Crippen molar-refractivity contribution in [1.82, 2.24) is 15.2 Å². The van der Waals surface area contributed by atoms with Gasteiger partial charge in [0, 0.05) is 25.0 Å². The molecule has 1 aliphatic rings. The first-order valence-corrected chi connectivity index (χ1v) is 6.69. The Balaban J connectivity index is 1.61. The van der Waals surface area contributed by atoms with Crippen molar-refractivity contribution >= 4 is 0 Å². The minimum absolute atomic E-state index is 0.593. The van der Waals surface area contributed by atoms with E-state index in [1.54, 1.807) is 0 Å². The fourth-order valence-corrected chi connectivity index (χ4v) is 2.43.